The SMILES string of the molecule is COC(=O)c1csc(CNCc2ccc(OCc3ccccc3)cc2)n1. The van der Waals surface area contributed by atoms with Gasteiger partial charge in [0.05, 0.1) is 7.11 Å². The first kappa shape index (κ1) is 18.1. The maximum absolute atomic E-state index is 11.4. The van der Waals surface area contributed by atoms with Gasteiger partial charge in [0.1, 0.15) is 17.4 Å². The Morgan fingerprint density at radius 2 is 1.81 bits per heavy atom. The van der Waals surface area contributed by atoms with E-state index in [-0.39, 0.29) is 0 Å². The van der Waals surface area contributed by atoms with Crippen molar-refractivity contribution in [1.82, 2.24) is 10.3 Å². The molecule has 0 amide bonds. The van der Waals surface area contributed by atoms with Crippen molar-refractivity contribution in [2.24, 2.45) is 0 Å². The summed E-state index contributed by atoms with van der Waals surface area (Å²) in [5, 5.41) is 5.89. The summed E-state index contributed by atoms with van der Waals surface area (Å²) in [6.07, 6.45) is 0. The van der Waals surface area contributed by atoms with Crippen molar-refractivity contribution in [3.63, 3.8) is 0 Å². The summed E-state index contributed by atoms with van der Waals surface area (Å²) in [5.41, 5.74) is 2.66. The van der Waals surface area contributed by atoms with Crippen LogP contribution in [0.2, 0.25) is 0 Å². The molecule has 6 heteroatoms. The molecule has 3 aromatic rings. The largest absolute Gasteiger partial charge is 0.489 e. The molecule has 1 heterocycles. The number of ether oxygens (including phenoxy) is 2. The Morgan fingerprint density at radius 3 is 2.54 bits per heavy atom. The van der Waals surface area contributed by atoms with E-state index in [1.54, 1.807) is 5.38 Å². The van der Waals surface area contributed by atoms with Crippen LogP contribution in [-0.2, 0) is 24.4 Å². The van der Waals surface area contributed by atoms with Gasteiger partial charge in [-0.3, -0.25) is 0 Å². The number of benzene rings is 2. The zero-order valence-corrected chi connectivity index (χ0v) is 15.3. The summed E-state index contributed by atoms with van der Waals surface area (Å²) in [4.78, 5) is 15.6. The predicted octanol–water partition coefficient (Wildman–Crippen LogP) is 3.80. The maximum Gasteiger partial charge on any atom is 0.357 e. The molecule has 0 atom stereocenters. The molecule has 0 aliphatic heterocycles. The molecule has 0 bridgehead atoms. The van der Waals surface area contributed by atoms with Gasteiger partial charge in [0.15, 0.2) is 5.69 Å². The van der Waals surface area contributed by atoms with Gasteiger partial charge in [-0.05, 0) is 23.3 Å². The predicted molar refractivity (Wildman–Crippen MR) is 101 cm³/mol. The Labute approximate surface area is 156 Å². The van der Waals surface area contributed by atoms with Crippen LogP contribution in [-0.4, -0.2) is 18.1 Å². The van der Waals surface area contributed by atoms with Gasteiger partial charge in [0, 0.05) is 18.5 Å². The zero-order chi connectivity index (χ0) is 18.2. The van der Waals surface area contributed by atoms with E-state index in [9.17, 15) is 4.79 Å². The molecule has 2 aromatic carbocycles. The molecule has 0 fully saturated rings. The summed E-state index contributed by atoms with van der Waals surface area (Å²) in [6, 6.07) is 18.1. The van der Waals surface area contributed by atoms with E-state index in [0.717, 1.165) is 21.9 Å². The van der Waals surface area contributed by atoms with Crippen molar-refractivity contribution < 1.29 is 14.3 Å². The third-order valence-corrected chi connectivity index (χ3v) is 4.57. The zero-order valence-electron chi connectivity index (χ0n) is 14.5. The monoisotopic (exact) mass is 368 g/mol. The Bertz CT molecular complexity index is 832. The molecular weight excluding hydrogens is 348 g/mol. The first-order chi connectivity index (χ1) is 12.7. The summed E-state index contributed by atoms with van der Waals surface area (Å²) in [6.45, 7) is 1.88. The third kappa shape index (κ3) is 5.15. The lowest BCUT2D eigenvalue weighted by Crippen LogP contribution is -2.13. The maximum atomic E-state index is 11.4. The molecule has 0 saturated carbocycles. The van der Waals surface area contributed by atoms with Crippen LogP contribution in [0, 0.1) is 0 Å². The highest BCUT2D eigenvalue weighted by molar-refractivity contribution is 7.09. The average molecular weight is 368 g/mol. The number of hydrogen-bond donors (Lipinski definition) is 1. The lowest BCUT2D eigenvalue weighted by Gasteiger charge is -2.08. The Balaban J connectivity index is 1.44. The van der Waals surface area contributed by atoms with Crippen LogP contribution in [0.15, 0.2) is 60.0 Å². The molecule has 0 aliphatic rings. The van der Waals surface area contributed by atoms with Crippen LogP contribution in [0.3, 0.4) is 0 Å². The van der Waals surface area contributed by atoms with Crippen LogP contribution in [0.4, 0.5) is 0 Å². The number of esters is 1. The highest BCUT2D eigenvalue weighted by atomic mass is 32.1. The van der Waals surface area contributed by atoms with Crippen LogP contribution < -0.4 is 10.1 Å². The first-order valence-corrected chi connectivity index (χ1v) is 9.11. The second-order valence-corrected chi connectivity index (χ2v) is 6.58. The van der Waals surface area contributed by atoms with Crippen molar-refractivity contribution in [3.05, 3.63) is 81.8 Å². The second-order valence-electron chi connectivity index (χ2n) is 5.64. The number of carbonyl (C=O) groups excluding carboxylic acids is 1. The van der Waals surface area contributed by atoms with E-state index >= 15 is 0 Å². The van der Waals surface area contributed by atoms with Crippen LogP contribution >= 0.6 is 11.3 Å². The number of rotatable bonds is 8. The molecule has 5 nitrogen and oxygen atoms in total. The molecule has 1 N–H and O–H groups in total. The molecule has 134 valence electrons. The Kier molecular flexibility index (Phi) is 6.35. The highest BCUT2D eigenvalue weighted by Crippen LogP contribution is 2.15. The number of thiazole rings is 1. The highest BCUT2D eigenvalue weighted by Gasteiger charge is 2.10. The van der Waals surface area contributed by atoms with E-state index in [2.05, 4.69) is 15.0 Å². The number of nitrogens with one attached hydrogen (secondary N) is 1. The molecule has 0 aliphatic carbocycles. The number of aromatic nitrogens is 1. The van der Waals surface area contributed by atoms with Crippen molar-refractivity contribution in [1.29, 1.82) is 0 Å². The van der Waals surface area contributed by atoms with Gasteiger partial charge in [-0.15, -0.1) is 11.3 Å². The average Bonchev–Trinajstić information content (AvgIpc) is 3.16. The minimum absolute atomic E-state index is 0.356. The van der Waals surface area contributed by atoms with Crippen molar-refractivity contribution >= 4 is 17.3 Å². The molecule has 26 heavy (non-hydrogen) atoms. The van der Waals surface area contributed by atoms with Crippen molar-refractivity contribution in [3.8, 4) is 5.75 Å². The number of methoxy groups -OCH3 is 1. The van der Waals surface area contributed by atoms with E-state index in [1.165, 1.54) is 18.4 Å². The summed E-state index contributed by atoms with van der Waals surface area (Å²) < 4.78 is 10.4. The summed E-state index contributed by atoms with van der Waals surface area (Å²) in [5.74, 6) is 0.443. The Hall–Kier alpha value is -2.70. The van der Waals surface area contributed by atoms with E-state index < -0.39 is 5.97 Å². The van der Waals surface area contributed by atoms with Crippen LogP contribution in [0.1, 0.15) is 26.6 Å². The van der Waals surface area contributed by atoms with Gasteiger partial charge >= 0.3 is 5.97 Å². The molecule has 0 spiro atoms. The third-order valence-electron chi connectivity index (χ3n) is 3.72. The van der Waals surface area contributed by atoms with E-state index in [0.29, 0.717) is 25.4 Å². The minimum atomic E-state index is -0.404. The topological polar surface area (TPSA) is 60.5 Å². The first-order valence-electron chi connectivity index (χ1n) is 8.23. The van der Waals surface area contributed by atoms with Gasteiger partial charge in [0.2, 0.25) is 0 Å². The van der Waals surface area contributed by atoms with Gasteiger partial charge in [0.25, 0.3) is 0 Å². The fourth-order valence-corrected chi connectivity index (χ4v) is 3.08. The standard InChI is InChI=1S/C20H20N2O3S/c1-24-20(23)18-14-26-19(22-18)12-21-11-15-7-9-17(10-8-15)25-13-16-5-3-2-4-6-16/h2-10,14,21H,11-13H2,1H3. The second kappa shape index (κ2) is 9.12. The quantitative estimate of drug-likeness (QED) is 0.613. The summed E-state index contributed by atoms with van der Waals surface area (Å²) >= 11 is 1.44. The van der Waals surface area contributed by atoms with Crippen molar-refractivity contribution in [2.45, 2.75) is 19.7 Å². The molecule has 0 radical (unpaired) electrons. The lowest BCUT2D eigenvalue weighted by atomic mass is 10.2. The normalized spacial score (nSPS) is 10.5. The van der Waals surface area contributed by atoms with Gasteiger partial charge in [-0.2, -0.15) is 0 Å². The number of hydrogen-bond acceptors (Lipinski definition) is 6. The number of carbonyl (C=O) groups is 1. The van der Waals surface area contributed by atoms with Gasteiger partial charge < -0.3 is 14.8 Å². The molecule has 0 saturated heterocycles. The smallest absolute Gasteiger partial charge is 0.357 e. The van der Waals surface area contributed by atoms with Gasteiger partial charge in [-0.1, -0.05) is 42.5 Å². The molecule has 1 aromatic heterocycles. The number of nitrogens with zero attached hydrogens (tertiary/aromatic N) is 1. The van der Waals surface area contributed by atoms with Gasteiger partial charge in [-0.25, -0.2) is 9.78 Å². The molecule has 0 unspecified atom stereocenters. The summed E-state index contributed by atoms with van der Waals surface area (Å²) in [7, 11) is 1.35. The minimum Gasteiger partial charge on any atom is -0.489 e. The molecular formula is C20H20N2O3S. The van der Waals surface area contributed by atoms with Crippen molar-refractivity contribution in [2.75, 3.05) is 7.11 Å². The van der Waals surface area contributed by atoms with Crippen LogP contribution in [0.5, 0.6) is 5.75 Å². The fourth-order valence-electron chi connectivity index (χ4n) is 2.35. The van der Waals surface area contributed by atoms with Crippen LogP contribution in [0.25, 0.3) is 0 Å². The van der Waals surface area contributed by atoms with E-state index in [1.807, 2.05) is 54.6 Å². The van der Waals surface area contributed by atoms with E-state index in [4.69, 9.17) is 4.74 Å². The fraction of sp³-hybridized carbons (Fsp3) is 0.200. The molecule has 3 rings (SSSR count). The lowest BCUT2D eigenvalue weighted by molar-refractivity contribution is 0.0594. The Morgan fingerprint density at radius 1 is 1.04 bits per heavy atom.